The van der Waals surface area contributed by atoms with Crippen LogP contribution in [0.15, 0.2) is 109 Å². The van der Waals surface area contributed by atoms with Gasteiger partial charge in [0.2, 0.25) is 0 Å². The van der Waals surface area contributed by atoms with Crippen molar-refractivity contribution in [3.63, 3.8) is 0 Å². The van der Waals surface area contributed by atoms with Crippen LogP contribution in [0.5, 0.6) is 5.75 Å². The van der Waals surface area contributed by atoms with Crippen LogP contribution in [-0.4, -0.2) is 141 Å². The molecule has 2 fully saturated rings. The van der Waals surface area contributed by atoms with Gasteiger partial charge in [-0.15, -0.1) is 5.10 Å². The SMILES string of the molecule is CCCCCCCCCCCCCCCC(=O)OCC(COP(=O)([O-])OCC[N+](C)(C)Cc1cn(-c2ccc3c(c2)C(=O)OC32c3ccc(NC(=O)OCc4ccc(B5OC(C)(C)C(C)(C)O5)cc4)cc3[Si](C)(C)c3cc(OC(=O)OCc4ccc(B5OC(C)(C)C(C)(C)O5)cc4)ccc32)nn1)OC(=O)CCCCCCCCCCCCCCC. The molecule has 3 atom stereocenters. The molecule has 1 spiro atoms. The standard InChI is InChI=1S/C92H132B2N5O19PSi/c1-15-17-19-21-23-25-27-29-31-33-35-37-39-41-83(100)107-66-76(112-84(101)42-40-38-36-34-32-30-28-26-24-22-20-18-16-2)67-111-119(105,106)110-58-57-99(11,12)63-73-62-98(97-96-73)74-52-55-78-77(60-74)85(102)114-92(78)79-54-51-72(95-86(103)108-64-68-43-47-70(48-44-68)93-115-88(3,4)89(5,6)116-93)59-81(79)120(13,14)82-61-75(53-56-80(82)92)113-87(104)109-65-69-45-49-71(50-46-69)94-117-90(7,8)91(9,10)118-94/h43-56,59-62,76H,15-42,57-58,63-67H2,1-14H3,(H-,95,103,105,106). The second kappa shape index (κ2) is 43.2. The number of phosphoric acid groups is 1. The highest BCUT2D eigenvalue weighted by Crippen LogP contribution is 2.50. The molecular weight excluding hydrogens is 1560 g/mol. The first-order valence-corrected chi connectivity index (χ1v) is 48.6. The molecule has 1 N–H and O–H groups in total. The van der Waals surface area contributed by atoms with E-state index in [-0.39, 0.29) is 68.2 Å². The lowest BCUT2D eigenvalue weighted by Gasteiger charge is -2.43. The Morgan fingerprint density at radius 1 is 0.558 bits per heavy atom. The summed E-state index contributed by atoms with van der Waals surface area (Å²) in [7, 11) is -5.24. The minimum Gasteiger partial charge on any atom is -0.756 e. The first-order chi connectivity index (χ1) is 57.1. The second-order valence-corrected chi connectivity index (χ2v) is 42.0. The van der Waals surface area contributed by atoms with E-state index in [0.717, 1.165) is 71.0 Å². The third-order valence-electron chi connectivity index (χ3n) is 24.6. The lowest BCUT2D eigenvalue weighted by atomic mass is 9.79. The molecule has 3 unspecified atom stereocenters. The van der Waals surface area contributed by atoms with Crippen LogP contribution in [0.1, 0.15) is 293 Å². The topological polar surface area (TPSA) is 279 Å². The lowest BCUT2D eigenvalue weighted by Crippen LogP contribution is -2.63. The molecule has 4 aliphatic heterocycles. The average Bonchev–Trinajstić information content (AvgIpc) is 1.42. The largest absolute Gasteiger partial charge is 0.756 e. The van der Waals surface area contributed by atoms with Gasteiger partial charge in [-0.3, -0.25) is 19.5 Å². The van der Waals surface area contributed by atoms with Crippen LogP contribution in [0.25, 0.3) is 5.69 Å². The van der Waals surface area contributed by atoms with Crippen LogP contribution < -0.4 is 36.2 Å². The number of unbranched alkanes of at least 4 members (excludes halogenated alkanes) is 24. The fraction of sp³-hybridized carbons (Fsp3) is 0.598. The van der Waals surface area contributed by atoms with Crippen molar-refractivity contribution in [2.45, 2.75) is 316 Å². The minimum atomic E-state index is -4.97. The number of nitrogens with zero attached hydrogens (tertiary/aromatic N) is 4. The highest BCUT2D eigenvalue weighted by Gasteiger charge is 2.57. The molecule has 28 heteroatoms. The van der Waals surface area contributed by atoms with E-state index in [0.29, 0.717) is 46.6 Å². The van der Waals surface area contributed by atoms with Crippen LogP contribution in [0.3, 0.4) is 0 Å². The van der Waals surface area contributed by atoms with E-state index in [1.807, 2.05) is 148 Å². The zero-order chi connectivity index (χ0) is 86.4. The molecular formula is C92H132B2N5O19PSi. The summed E-state index contributed by atoms with van der Waals surface area (Å²) in [6.07, 6.45) is 29.6. The molecule has 24 nitrogen and oxygen atoms in total. The third kappa shape index (κ3) is 26.0. The van der Waals surface area contributed by atoms with Gasteiger partial charge in [0.1, 0.15) is 59.0 Å². The predicted octanol–water partition coefficient (Wildman–Crippen LogP) is 17.4. The fourth-order valence-electron chi connectivity index (χ4n) is 15.8. The highest BCUT2D eigenvalue weighted by atomic mass is 31.2. The highest BCUT2D eigenvalue weighted by molar-refractivity contribution is 7.45. The summed E-state index contributed by atoms with van der Waals surface area (Å²) >= 11 is 0. The quantitative estimate of drug-likeness (QED) is 0.00706. The number of likely N-dealkylation sites (N-methyl/N-ethyl adjacent to an activating group) is 1. The van der Waals surface area contributed by atoms with Crippen molar-refractivity contribution in [3.8, 4) is 11.4 Å². The summed E-state index contributed by atoms with van der Waals surface area (Å²) < 4.78 is 86.4. The van der Waals surface area contributed by atoms with E-state index in [2.05, 4.69) is 42.6 Å². The normalized spacial score (nSPS) is 17.8. The number of aromatic nitrogens is 3. The molecule has 0 radical (unpaired) electrons. The monoisotopic (exact) mass is 1690 g/mol. The number of hydrogen-bond donors (Lipinski definition) is 1. The number of benzene rings is 5. The van der Waals surface area contributed by atoms with E-state index in [9.17, 15) is 33.4 Å². The summed E-state index contributed by atoms with van der Waals surface area (Å²) in [5.41, 5.74) is 3.22. The van der Waals surface area contributed by atoms with Gasteiger partial charge in [0.15, 0.2) is 11.7 Å². The van der Waals surface area contributed by atoms with Gasteiger partial charge < -0.3 is 65.5 Å². The van der Waals surface area contributed by atoms with E-state index in [1.165, 1.54) is 116 Å². The Morgan fingerprint density at radius 3 is 1.54 bits per heavy atom. The fourth-order valence-corrected chi connectivity index (χ4v) is 19.7. The molecule has 654 valence electrons. The number of ether oxygens (including phenoxy) is 6. The third-order valence-corrected chi connectivity index (χ3v) is 29.1. The zero-order valence-corrected chi connectivity index (χ0v) is 75.8. The molecule has 0 saturated carbocycles. The van der Waals surface area contributed by atoms with Gasteiger partial charge in [-0.1, -0.05) is 253 Å². The first kappa shape index (κ1) is 94.7. The molecule has 5 aromatic carbocycles. The molecule has 0 aliphatic carbocycles. The number of carbonyl (C=O) groups excluding carboxylic acids is 5. The maximum atomic E-state index is 14.8. The lowest BCUT2D eigenvalue weighted by molar-refractivity contribution is -0.904. The van der Waals surface area contributed by atoms with Gasteiger partial charge in [-0.05, 0) is 137 Å². The van der Waals surface area contributed by atoms with Crippen molar-refractivity contribution >= 4 is 87.3 Å². The Kier molecular flexibility index (Phi) is 34.1. The van der Waals surface area contributed by atoms with Crippen LogP contribution in [0, 0.1) is 0 Å². The number of amides is 1. The number of carbonyl (C=O) groups is 5. The molecule has 5 heterocycles. The summed E-state index contributed by atoms with van der Waals surface area (Å²) in [5, 5.41) is 13.5. The summed E-state index contributed by atoms with van der Waals surface area (Å²) in [4.78, 5) is 81.8. The molecule has 1 aromatic heterocycles. The maximum Gasteiger partial charge on any atom is 0.514 e. The number of hydrogen-bond acceptors (Lipinski definition) is 21. The van der Waals surface area contributed by atoms with E-state index in [1.54, 1.807) is 35.1 Å². The number of fused-ring (bicyclic) bond motifs is 6. The van der Waals surface area contributed by atoms with Crippen molar-refractivity contribution in [1.82, 2.24) is 15.0 Å². The summed E-state index contributed by atoms with van der Waals surface area (Å²) in [6.45, 7) is 23.9. The Balaban J connectivity index is 0.770. The number of anilines is 1. The Labute approximate surface area is 714 Å². The molecule has 6 aromatic rings. The second-order valence-electron chi connectivity index (χ2n) is 36.2. The van der Waals surface area contributed by atoms with Crippen LogP contribution >= 0.6 is 7.82 Å². The molecule has 10 rings (SSSR count). The van der Waals surface area contributed by atoms with Crippen molar-refractivity contribution in [2.24, 2.45) is 0 Å². The van der Waals surface area contributed by atoms with Crippen LogP contribution in [0.4, 0.5) is 15.3 Å². The average molecular weight is 1690 g/mol. The van der Waals surface area contributed by atoms with Crippen molar-refractivity contribution in [3.05, 3.63) is 148 Å². The molecule has 2 saturated heterocycles. The minimum absolute atomic E-state index is 0.0209. The van der Waals surface area contributed by atoms with Gasteiger partial charge in [-0.25, -0.2) is 19.1 Å². The summed E-state index contributed by atoms with van der Waals surface area (Å²) in [5.74, 6) is -1.38. The Bertz CT molecular complexity index is 4240. The molecule has 1 amide bonds. The number of esters is 3. The van der Waals surface area contributed by atoms with Gasteiger partial charge in [0.05, 0.1) is 60.6 Å². The first-order valence-electron chi connectivity index (χ1n) is 44.2. The van der Waals surface area contributed by atoms with E-state index < -0.39 is 101 Å². The number of phosphoric ester groups is 1. The number of quaternary nitrogens is 1. The maximum absolute atomic E-state index is 14.8. The van der Waals surface area contributed by atoms with Crippen molar-refractivity contribution < 1.29 is 94.0 Å². The van der Waals surface area contributed by atoms with Crippen LogP contribution in [-0.2, 0) is 90.9 Å². The van der Waals surface area contributed by atoms with Gasteiger partial charge in [0.25, 0.3) is 7.82 Å². The number of nitrogens with one attached hydrogen (secondary N) is 1. The molecule has 120 heavy (non-hydrogen) atoms. The predicted molar refractivity (Wildman–Crippen MR) is 467 cm³/mol. The van der Waals surface area contributed by atoms with Crippen molar-refractivity contribution in [1.29, 1.82) is 0 Å². The van der Waals surface area contributed by atoms with E-state index in [4.69, 9.17) is 56.1 Å². The Morgan fingerprint density at radius 2 is 1.02 bits per heavy atom. The Hall–Kier alpha value is -7.55. The molecule has 0 bridgehead atoms. The number of rotatable bonds is 49. The van der Waals surface area contributed by atoms with Gasteiger partial charge in [0, 0.05) is 35.2 Å². The van der Waals surface area contributed by atoms with Gasteiger partial charge in [-0.2, -0.15) is 0 Å². The van der Waals surface area contributed by atoms with Gasteiger partial charge >= 0.3 is 44.4 Å². The van der Waals surface area contributed by atoms with Crippen molar-refractivity contribution in [2.75, 3.05) is 45.8 Å². The summed E-state index contributed by atoms with van der Waals surface area (Å²) in [6, 6.07) is 31.2. The van der Waals surface area contributed by atoms with Crippen LogP contribution in [0.2, 0.25) is 13.1 Å². The van der Waals surface area contributed by atoms with E-state index >= 15 is 0 Å². The molecule has 4 aliphatic rings. The zero-order valence-electron chi connectivity index (χ0n) is 73.9. The smallest absolute Gasteiger partial charge is 0.514 e.